The zero-order chi connectivity index (χ0) is 13.2. The van der Waals surface area contributed by atoms with Crippen molar-refractivity contribution >= 4 is 11.0 Å². The molecule has 0 fully saturated rings. The minimum Gasteiger partial charge on any atom is -0.241 e. The minimum atomic E-state index is -0.273. The van der Waals surface area contributed by atoms with Crippen LogP contribution in [-0.2, 0) is 6.54 Å². The average molecular weight is 252 g/mol. The van der Waals surface area contributed by atoms with Crippen molar-refractivity contribution in [3.63, 3.8) is 0 Å². The summed E-state index contributed by atoms with van der Waals surface area (Å²) >= 11 is 0. The molecule has 3 rings (SSSR count). The molecule has 2 heterocycles. The molecule has 0 aliphatic heterocycles. The zero-order valence-corrected chi connectivity index (χ0v) is 9.92. The van der Waals surface area contributed by atoms with Crippen LogP contribution in [0.15, 0.2) is 42.6 Å². The molecular weight excluding hydrogens is 243 g/mol. The number of fused-ring (bicyclic) bond motifs is 1. The van der Waals surface area contributed by atoms with Crippen LogP contribution in [0.25, 0.3) is 11.0 Å². The number of halogens is 1. The fraction of sp³-hybridized carbons (Fsp3) is 0.0714. The van der Waals surface area contributed by atoms with E-state index in [1.807, 2.05) is 6.07 Å². The predicted octanol–water partition coefficient (Wildman–Crippen LogP) is 2.49. The Balaban J connectivity index is 2.06. The summed E-state index contributed by atoms with van der Waals surface area (Å²) < 4.78 is 14.5. The maximum Gasteiger partial charge on any atom is 0.172 e. The summed E-state index contributed by atoms with van der Waals surface area (Å²) in [5.41, 5.74) is 1.91. The summed E-state index contributed by atoms with van der Waals surface area (Å²) in [7, 11) is 0. The summed E-state index contributed by atoms with van der Waals surface area (Å²) in [5, 5.41) is 14.0. The Morgan fingerprint density at radius 3 is 2.74 bits per heavy atom. The van der Waals surface area contributed by atoms with Gasteiger partial charge in [0.15, 0.2) is 11.3 Å². The molecule has 0 unspecified atom stereocenters. The number of nitrogens with zero attached hydrogens (tertiary/aromatic N) is 4. The predicted molar refractivity (Wildman–Crippen MR) is 67.7 cm³/mol. The van der Waals surface area contributed by atoms with Crippen molar-refractivity contribution in [1.82, 2.24) is 14.8 Å². The Morgan fingerprint density at radius 1 is 1.21 bits per heavy atom. The van der Waals surface area contributed by atoms with E-state index in [2.05, 4.69) is 16.2 Å². The average Bonchev–Trinajstić information content (AvgIpc) is 2.80. The Morgan fingerprint density at radius 2 is 2.00 bits per heavy atom. The fourth-order valence-corrected chi connectivity index (χ4v) is 1.97. The largest absolute Gasteiger partial charge is 0.241 e. The van der Waals surface area contributed by atoms with Gasteiger partial charge in [0.1, 0.15) is 11.9 Å². The van der Waals surface area contributed by atoms with Crippen LogP contribution in [0, 0.1) is 17.1 Å². The quantitative estimate of drug-likeness (QED) is 0.704. The van der Waals surface area contributed by atoms with E-state index in [-0.39, 0.29) is 5.82 Å². The van der Waals surface area contributed by atoms with Gasteiger partial charge in [0, 0.05) is 6.20 Å². The van der Waals surface area contributed by atoms with E-state index >= 15 is 0 Å². The molecule has 0 atom stereocenters. The molecule has 0 N–H and O–H groups in total. The molecule has 0 aliphatic carbocycles. The van der Waals surface area contributed by atoms with E-state index < -0.39 is 0 Å². The van der Waals surface area contributed by atoms with Gasteiger partial charge in [-0.3, -0.25) is 0 Å². The molecule has 4 nitrogen and oxygen atoms in total. The normalized spacial score (nSPS) is 10.5. The highest BCUT2D eigenvalue weighted by molar-refractivity contribution is 5.80. The Kier molecular flexibility index (Phi) is 2.69. The lowest BCUT2D eigenvalue weighted by Gasteiger charge is -2.02. The van der Waals surface area contributed by atoms with Gasteiger partial charge in [-0.1, -0.05) is 12.1 Å². The summed E-state index contributed by atoms with van der Waals surface area (Å²) in [6, 6.07) is 11.8. The minimum absolute atomic E-state index is 0.273. The number of rotatable bonds is 2. The van der Waals surface area contributed by atoms with Crippen LogP contribution in [0.2, 0.25) is 0 Å². The Bertz CT molecular complexity index is 768. The second-order valence-corrected chi connectivity index (χ2v) is 4.12. The molecule has 0 saturated carbocycles. The summed E-state index contributed by atoms with van der Waals surface area (Å²) in [4.78, 5) is 4.24. The first kappa shape index (κ1) is 11.4. The molecule has 92 valence electrons. The van der Waals surface area contributed by atoms with Crippen molar-refractivity contribution in [2.24, 2.45) is 0 Å². The fourth-order valence-electron chi connectivity index (χ4n) is 1.97. The number of nitriles is 1. The van der Waals surface area contributed by atoms with Crippen molar-refractivity contribution in [1.29, 1.82) is 5.26 Å². The maximum absolute atomic E-state index is 12.9. The van der Waals surface area contributed by atoms with E-state index in [0.29, 0.717) is 17.9 Å². The van der Waals surface area contributed by atoms with E-state index in [1.165, 1.54) is 12.1 Å². The van der Waals surface area contributed by atoms with Crippen molar-refractivity contribution in [3.8, 4) is 6.07 Å². The number of pyridine rings is 1. The number of benzene rings is 1. The van der Waals surface area contributed by atoms with Crippen LogP contribution >= 0.6 is 0 Å². The zero-order valence-electron chi connectivity index (χ0n) is 9.92. The topological polar surface area (TPSA) is 54.5 Å². The van der Waals surface area contributed by atoms with Crippen LogP contribution in [0.5, 0.6) is 0 Å². The first-order chi connectivity index (χ1) is 9.28. The Labute approximate surface area is 108 Å². The van der Waals surface area contributed by atoms with Crippen LogP contribution < -0.4 is 0 Å². The van der Waals surface area contributed by atoms with Crippen LogP contribution in [-0.4, -0.2) is 14.8 Å². The number of hydrogen-bond acceptors (Lipinski definition) is 3. The van der Waals surface area contributed by atoms with Crippen molar-refractivity contribution < 1.29 is 4.39 Å². The smallest absolute Gasteiger partial charge is 0.172 e. The van der Waals surface area contributed by atoms with Crippen LogP contribution in [0.4, 0.5) is 4.39 Å². The van der Waals surface area contributed by atoms with Gasteiger partial charge in [-0.05, 0) is 29.8 Å². The van der Waals surface area contributed by atoms with Gasteiger partial charge in [0.25, 0.3) is 0 Å². The molecule has 0 aliphatic rings. The van der Waals surface area contributed by atoms with Gasteiger partial charge in [-0.2, -0.15) is 10.4 Å². The maximum atomic E-state index is 12.9. The van der Waals surface area contributed by atoms with E-state index in [9.17, 15) is 4.39 Å². The standard InChI is InChI=1S/C14H9FN4/c15-11-5-3-10(4-6-11)9-19-14-12(2-1-7-17-14)13(8-16)18-19/h1-7H,9H2. The molecule has 1 aromatic carbocycles. The van der Waals surface area contributed by atoms with Gasteiger partial charge in [-0.25, -0.2) is 14.1 Å². The first-order valence-corrected chi connectivity index (χ1v) is 5.74. The third-order valence-electron chi connectivity index (χ3n) is 2.86. The van der Waals surface area contributed by atoms with E-state index in [4.69, 9.17) is 5.26 Å². The molecular formula is C14H9FN4. The monoisotopic (exact) mass is 252 g/mol. The molecule has 0 amide bonds. The number of hydrogen-bond donors (Lipinski definition) is 0. The molecule has 0 bridgehead atoms. The molecule has 2 aromatic heterocycles. The summed E-state index contributed by atoms with van der Waals surface area (Å²) in [6.07, 6.45) is 1.66. The van der Waals surface area contributed by atoms with Crippen molar-refractivity contribution in [3.05, 3.63) is 59.7 Å². The van der Waals surface area contributed by atoms with E-state index in [1.54, 1.807) is 29.1 Å². The van der Waals surface area contributed by atoms with Gasteiger partial charge in [0.2, 0.25) is 0 Å². The molecule has 0 spiro atoms. The molecule has 3 aromatic rings. The molecule has 0 radical (unpaired) electrons. The van der Waals surface area contributed by atoms with Crippen molar-refractivity contribution in [2.75, 3.05) is 0 Å². The molecule has 0 saturated heterocycles. The van der Waals surface area contributed by atoms with Crippen LogP contribution in [0.3, 0.4) is 0 Å². The lowest BCUT2D eigenvalue weighted by atomic mass is 10.2. The Hall–Kier alpha value is -2.74. The SMILES string of the molecule is N#Cc1nn(Cc2ccc(F)cc2)c2ncccc12. The van der Waals surface area contributed by atoms with Gasteiger partial charge >= 0.3 is 0 Å². The first-order valence-electron chi connectivity index (χ1n) is 5.74. The lowest BCUT2D eigenvalue weighted by molar-refractivity contribution is 0.625. The third-order valence-corrected chi connectivity index (χ3v) is 2.86. The van der Waals surface area contributed by atoms with Gasteiger partial charge in [-0.15, -0.1) is 0 Å². The summed E-state index contributed by atoms with van der Waals surface area (Å²) in [5.74, 6) is -0.273. The molecule has 19 heavy (non-hydrogen) atoms. The van der Waals surface area contributed by atoms with E-state index in [0.717, 1.165) is 10.9 Å². The van der Waals surface area contributed by atoms with Crippen LogP contribution in [0.1, 0.15) is 11.3 Å². The second-order valence-electron chi connectivity index (χ2n) is 4.12. The highest BCUT2D eigenvalue weighted by Crippen LogP contribution is 2.16. The van der Waals surface area contributed by atoms with Gasteiger partial charge in [0.05, 0.1) is 11.9 Å². The highest BCUT2D eigenvalue weighted by atomic mass is 19.1. The lowest BCUT2D eigenvalue weighted by Crippen LogP contribution is -2.02. The third kappa shape index (κ3) is 2.04. The highest BCUT2D eigenvalue weighted by Gasteiger charge is 2.10. The van der Waals surface area contributed by atoms with Crippen molar-refractivity contribution in [2.45, 2.75) is 6.54 Å². The molecule has 5 heteroatoms. The summed E-state index contributed by atoms with van der Waals surface area (Å²) in [6.45, 7) is 0.454. The second kappa shape index (κ2) is 4.50. The van der Waals surface area contributed by atoms with Gasteiger partial charge < -0.3 is 0 Å². The number of aromatic nitrogens is 3.